The molecule has 1 aliphatic rings. The number of nitrogens with one attached hydrogen (secondary N) is 1. The van der Waals surface area contributed by atoms with Crippen molar-refractivity contribution in [2.75, 3.05) is 37.0 Å². The van der Waals surface area contributed by atoms with E-state index in [0.717, 1.165) is 0 Å². The second-order valence-electron chi connectivity index (χ2n) is 5.50. The minimum Gasteiger partial charge on any atom is -0.447 e. The molecule has 0 unspecified atom stereocenters. The SMILES string of the molecule is CN(CC(=O)Nc1cccc(N2CCOC2=O)c1)C(=O)c1cccs1. The Balaban J connectivity index is 1.61. The summed E-state index contributed by atoms with van der Waals surface area (Å²) in [6.45, 7) is 0.770. The van der Waals surface area contributed by atoms with Crippen molar-refractivity contribution in [2.45, 2.75) is 0 Å². The Morgan fingerprint density at radius 3 is 2.84 bits per heavy atom. The van der Waals surface area contributed by atoms with E-state index in [4.69, 9.17) is 4.74 Å². The van der Waals surface area contributed by atoms with Crippen LogP contribution in [0.25, 0.3) is 0 Å². The van der Waals surface area contributed by atoms with E-state index < -0.39 is 6.09 Å². The highest BCUT2D eigenvalue weighted by molar-refractivity contribution is 7.12. The van der Waals surface area contributed by atoms with Crippen LogP contribution in [0.4, 0.5) is 16.2 Å². The van der Waals surface area contributed by atoms with Crippen molar-refractivity contribution in [3.8, 4) is 0 Å². The average molecular weight is 359 g/mol. The van der Waals surface area contributed by atoms with Crippen LogP contribution in [-0.2, 0) is 9.53 Å². The van der Waals surface area contributed by atoms with Gasteiger partial charge in [0.1, 0.15) is 6.61 Å². The van der Waals surface area contributed by atoms with Crippen LogP contribution in [0.3, 0.4) is 0 Å². The van der Waals surface area contributed by atoms with Crippen LogP contribution in [0.1, 0.15) is 9.67 Å². The van der Waals surface area contributed by atoms with E-state index in [1.165, 1.54) is 21.1 Å². The smallest absolute Gasteiger partial charge is 0.414 e. The van der Waals surface area contributed by atoms with Crippen LogP contribution in [0, 0.1) is 0 Å². The van der Waals surface area contributed by atoms with Gasteiger partial charge in [-0.05, 0) is 29.6 Å². The molecule has 25 heavy (non-hydrogen) atoms. The Hall–Kier alpha value is -2.87. The maximum atomic E-state index is 12.2. The zero-order valence-electron chi connectivity index (χ0n) is 13.6. The molecule has 7 nitrogen and oxygen atoms in total. The first-order valence-corrected chi connectivity index (χ1v) is 8.56. The standard InChI is InChI=1S/C17H17N3O4S/c1-19(16(22)14-6-3-9-25-14)11-15(21)18-12-4-2-5-13(10-12)20-7-8-24-17(20)23/h2-6,9-10H,7-8,11H2,1H3,(H,18,21). The molecule has 8 heteroatoms. The first kappa shape index (κ1) is 17.0. The van der Waals surface area contributed by atoms with Crippen molar-refractivity contribution >= 4 is 40.6 Å². The fourth-order valence-electron chi connectivity index (χ4n) is 2.46. The van der Waals surface area contributed by atoms with Gasteiger partial charge in [0.05, 0.1) is 18.0 Å². The molecular weight excluding hydrogens is 342 g/mol. The molecule has 1 N–H and O–H groups in total. The summed E-state index contributed by atoms with van der Waals surface area (Å²) in [4.78, 5) is 39.4. The Morgan fingerprint density at radius 1 is 1.32 bits per heavy atom. The third-order valence-corrected chi connectivity index (χ3v) is 4.52. The maximum absolute atomic E-state index is 12.2. The summed E-state index contributed by atoms with van der Waals surface area (Å²) in [6.07, 6.45) is -0.398. The molecule has 0 atom stereocenters. The summed E-state index contributed by atoms with van der Waals surface area (Å²) in [5.41, 5.74) is 1.21. The quantitative estimate of drug-likeness (QED) is 0.889. The number of likely N-dealkylation sites (N-methyl/N-ethyl adjacent to an activating group) is 1. The van der Waals surface area contributed by atoms with Crippen molar-refractivity contribution in [3.63, 3.8) is 0 Å². The van der Waals surface area contributed by atoms with Crippen LogP contribution in [0.15, 0.2) is 41.8 Å². The first-order valence-electron chi connectivity index (χ1n) is 7.68. The summed E-state index contributed by atoms with van der Waals surface area (Å²) in [5.74, 6) is -0.507. The van der Waals surface area contributed by atoms with Crippen LogP contribution in [0.2, 0.25) is 0 Å². The zero-order valence-corrected chi connectivity index (χ0v) is 14.4. The predicted molar refractivity (Wildman–Crippen MR) is 95.0 cm³/mol. The third kappa shape index (κ3) is 3.97. The van der Waals surface area contributed by atoms with E-state index in [-0.39, 0.29) is 18.4 Å². The van der Waals surface area contributed by atoms with Crippen molar-refractivity contribution in [2.24, 2.45) is 0 Å². The van der Waals surface area contributed by atoms with Gasteiger partial charge in [0, 0.05) is 18.4 Å². The number of benzene rings is 1. The van der Waals surface area contributed by atoms with Gasteiger partial charge in [-0.3, -0.25) is 14.5 Å². The van der Waals surface area contributed by atoms with E-state index in [0.29, 0.717) is 29.4 Å². The van der Waals surface area contributed by atoms with E-state index in [1.807, 2.05) is 5.38 Å². The molecule has 2 aromatic rings. The zero-order chi connectivity index (χ0) is 17.8. The van der Waals surface area contributed by atoms with Gasteiger partial charge in [0.2, 0.25) is 5.91 Å². The molecule has 0 aliphatic carbocycles. The molecule has 1 fully saturated rings. The number of carbonyl (C=O) groups excluding carboxylic acids is 3. The lowest BCUT2D eigenvalue weighted by molar-refractivity contribution is -0.116. The van der Waals surface area contributed by atoms with Gasteiger partial charge < -0.3 is 15.0 Å². The lowest BCUT2D eigenvalue weighted by Crippen LogP contribution is -2.34. The molecular formula is C17H17N3O4S. The molecule has 2 heterocycles. The molecule has 1 aliphatic heterocycles. The highest BCUT2D eigenvalue weighted by atomic mass is 32.1. The third-order valence-electron chi connectivity index (χ3n) is 3.66. The largest absolute Gasteiger partial charge is 0.447 e. The monoisotopic (exact) mass is 359 g/mol. The van der Waals surface area contributed by atoms with Crippen LogP contribution in [0.5, 0.6) is 0 Å². The molecule has 3 rings (SSSR count). The Labute approximate surface area is 148 Å². The van der Waals surface area contributed by atoms with Gasteiger partial charge in [-0.25, -0.2) is 4.79 Å². The van der Waals surface area contributed by atoms with Crippen molar-refractivity contribution in [1.29, 1.82) is 0 Å². The summed E-state index contributed by atoms with van der Waals surface area (Å²) in [6, 6.07) is 10.5. The minimum absolute atomic E-state index is 0.0628. The second-order valence-corrected chi connectivity index (χ2v) is 6.45. The van der Waals surface area contributed by atoms with Crippen molar-refractivity contribution in [1.82, 2.24) is 4.90 Å². The van der Waals surface area contributed by atoms with Crippen LogP contribution in [-0.4, -0.2) is 49.6 Å². The van der Waals surface area contributed by atoms with Gasteiger partial charge in [-0.2, -0.15) is 0 Å². The number of carbonyl (C=O) groups is 3. The normalized spacial score (nSPS) is 13.5. The van der Waals surface area contributed by atoms with E-state index in [1.54, 1.807) is 43.4 Å². The fourth-order valence-corrected chi connectivity index (χ4v) is 3.17. The topological polar surface area (TPSA) is 79.0 Å². The number of hydrogen-bond donors (Lipinski definition) is 1. The van der Waals surface area contributed by atoms with Crippen LogP contribution >= 0.6 is 11.3 Å². The minimum atomic E-state index is -0.398. The molecule has 130 valence electrons. The van der Waals surface area contributed by atoms with Gasteiger partial charge >= 0.3 is 6.09 Å². The van der Waals surface area contributed by atoms with Crippen LogP contribution < -0.4 is 10.2 Å². The van der Waals surface area contributed by atoms with E-state index in [9.17, 15) is 14.4 Å². The Kier molecular flexibility index (Phi) is 4.99. The highest BCUT2D eigenvalue weighted by Crippen LogP contribution is 2.22. The number of nitrogens with zero attached hydrogens (tertiary/aromatic N) is 2. The summed E-state index contributed by atoms with van der Waals surface area (Å²) in [7, 11) is 1.58. The van der Waals surface area contributed by atoms with Gasteiger partial charge in [0.15, 0.2) is 0 Å². The van der Waals surface area contributed by atoms with Crippen molar-refractivity contribution < 1.29 is 19.1 Å². The lowest BCUT2D eigenvalue weighted by atomic mass is 10.2. The number of anilines is 2. The first-order chi connectivity index (χ1) is 12.0. The summed E-state index contributed by atoms with van der Waals surface area (Å²) in [5, 5.41) is 4.56. The fraction of sp³-hybridized carbons (Fsp3) is 0.235. The molecule has 0 bridgehead atoms. The molecule has 1 aromatic carbocycles. The summed E-state index contributed by atoms with van der Waals surface area (Å²) >= 11 is 1.33. The maximum Gasteiger partial charge on any atom is 0.414 e. The summed E-state index contributed by atoms with van der Waals surface area (Å²) < 4.78 is 4.91. The number of rotatable bonds is 5. The number of amides is 3. The predicted octanol–water partition coefficient (Wildman–Crippen LogP) is 2.42. The molecule has 0 saturated carbocycles. The lowest BCUT2D eigenvalue weighted by Gasteiger charge is -2.17. The second kappa shape index (κ2) is 7.35. The molecule has 1 saturated heterocycles. The molecule has 1 aromatic heterocycles. The van der Waals surface area contributed by atoms with Gasteiger partial charge in [-0.15, -0.1) is 11.3 Å². The average Bonchev–Trinajstić information content (AvgIpc) is 3.25. The molecule has 0 spiro atoms. The Bertz CT molecular complexity index is 791. The Morgan fingerprint density at radius 2 is 2.16 bits per heavy atom. The molecule has 3 amide bonds. The number of hydrogen-bond acceptors (Lipinski definition) is 5. The van der Waals surface area contributed by atoms with Gasteiger partial charge in [0.25, 0.3) is 5.91 Å². The highest BCUT2D eigenvalue weighted by Gasteiger charge is 2.23. The van der Waals surface area contributed by atoms with Crippen molar-refractivity contribution in [3.05, 3.63) is 46.7 Å². The number of ether oxygens (including phenoxy) is 1. The van der Waals surface area contributed by atoms with E-state index >= 15 is 0 Å². The van der Waals surface area contributed by atoms with E-state index in [2.05, 4.69) is 5.32 Å². The van der Waals surface area contributed by atoms with Gasteiger partial charge in [-0.1, -0.05) is 12.1 Å². The number of thiophene rings is 1. The number of cyclic esters (lactones) is 1. The molecule has 0 radical (unpaired) electrons.